The fourth-order valence-corrected chi connectivity index (χ4v) is 2.98. The van der Waals surface area contributed by atoms with Crippen molar-refractivity contribution in [3.8, 4) is 5.75 Å². The van der Waals surface area contributed by atoms with E-state index in [1.54, 1.807) is 7.11 Å². The molecule has 4 heteroatoms. The van der Waals surface area contributed by atoms with E-state index in [-0.39, 0.29) is 11.7 Å². The van der Waals surface area contributed by atoms with Gasteiger partial charge in [0.2, 0.25) is 0 Å². The van der Waals surface area contributed by atoms with Gasteiger partial charge in [-0.05, 0) is 60.2 Å². The van der Waals surface area contributed by atoms with E-state index < -0.39 is 0 Å². The third-order valence-electron chi connectivity index (χ3n) is 3.41. The van der Waals surface area contributed by atoms with E-state index in [1.807, 2.05) is 24.3 Å². The molecule has 0 aliphatic rings. The molecule has 0 bridgehead atoms. The lowest BCUT2D eigenvalue weighted by molar-refractivity contribution is 0.405. The zero-order valence-corrected chi connectivity index (χ0v) is 14.1. The lowest BCUT2D eigenvalue weighted by atomic mass is 9.93. The summed E-state index contributed by atoms with van der Waals surface area (Å²) in [5.41, 5.74) is 2.22. The van der Waals surface area contributed by atoms with Crippen LogP contribution in [0.5, 0.6) is 5.75 Å². The zero-order valence-electron chi connectivity index (χ0n) is 11.8. The number of hydrogen-bond acceptors (Lipinski definition) is 1. The van der Waals surface area contributed by atoms with Crippen LogP contribution >= 0.6 is 27.5 Å². The van der Waals surface area contributed by atoms with E-state index in [0.29, 0.717) is 5.88 Å². The van der Waals surface area contributed by atoms with Crippen molar-refractivity contribution in [2.45, 2.75) is 12.8 Å². The molecule has 21 heavy (non-hydrogen) atoms. The molecular formula is C17H17BrClFO. The Morgan fingerprint density at radius 2 is 1.86 bits per heavy atom. The van der Waals surface area contributed by atoms with E-state index >= 15 is 0 Å². The minimum atomic E-state index is -0.213. The molecule has 1 unspecified atom stereocenters. The van der Waals surface area contributed by atoms with Crippen LogP contribution < -0.4 is 4.74 Å². The molecule has 0 heterocycles. The predicted molar refractivity (Wildman–Crippen MR) is 88.7 cm³/mol. The molecule has 112 valence electrons. The number of benzene rings is 2. The van der Waals surface area contributed by atoms with Gasteiger partial charge < -0.3 is 4.74 Å². The van der Waals surface area contributed by atoms with Crippen molar-refractivity contribution in [1.29, 1.82) is 0 Å². The van der Waals surface area contributed by atoms with E-state index in [4.69, 9.17) is 16.3 Å². The fourth-order valence-electron chi connectivity index (χ4n) is 2.35. The number of rotatable bonds is 6. The minimum absolute atomic E-state index is 0.213. The van der Waals surface area contributed by atoms with E-state index in [0.717, 1.165) is 34.2 Å². The third kappa shape index (κ3) is 4.72. The Labute approximate surface area is 138 Å². The van der Waals surface area contributed by atoms with Gasteiger partial charge in [-0.25, -0.2) is 4.39 Å². The Kier molecular flexibility index (Phi) is 6.07. The van der Waals surface area contributed by atoms with Crippen molar-refractivity contribution in [1.82, 2.24) is 0 Å². The molecule has 0 aliphatic carbocycles. The van der Waals surface area contributed by atoms with Gasteiger partial charge in [0.15, 0.2) is 0 Å². The molecule has 2 aromatic rings. The molecule has 0 radical (unpaired) electrons. The van der Waals surface area contributed by atoms with Crippen molar-refractivity contribution in [2.75, 3.05) is 13.0 Å². The van der Waals surface area contributed by atoms with Gasteiger partial charge in [0.1, 0.15) is 11.6 Å². The average Bonchev–Trinajstić information content (AvgIpc) is 2.49. The van der Waals surface area contributed by atoms with Gasteiger partial charge in [-0.3, -0.25) is 0 Å². The Morgan fingerprint density at radius 1 is 1.14 bits per heavy atom. The SMILES string of the molecule is COc1ccc(Br)cc1CC(CCl)Cc1ccc(F)cc1. The Balaban J connectivity index is 2.11. The first-order valence-electron chi connectivity index (χ1n) is 6.75. The second-order valence-electron chi connectivity index (χ2n) is 5.01. The summed E-state index contributed by atoms with van der Waals surface area (Å²) < 4.78 is 19.4. The summed E-state index contributed by atoms with van der Waals surface area (Å²) >= 11 is 9.59. The van der Waals surface area contributed by atoms with Crippen molar-refractivity contribution >= 4 is 27.5 Å². The van der Waals surface area contributed by atoms with Gasteiger partial charge in [-0.15, -0.1) is 11.6 Å². The molecule has 0 aromatic heterocycles. The van der Waals surface area contributed by atoms with Gasteiger partial charge in [-0.1, -0.05) is 28.1 Å². The summed E-state index contributed by atoms with van der Waals surface area (Å²) in [6.45, 7) is 0. The number of ether oxygens (including phenoxy) is 1. The molecule has 0 amide bonds. The Hall–Kier alpha value is -1.06. The first-order valence-corrected chi connectivity index (χ1v) is 8.08. The maximum atomic E-state index is 12.9. The van der Waals surface area contributed by atoms with Crippen molar-refractivity contribution in [3.63, 3.8) is 0 Å². The van der Waals surface area contributed by atoms with Crippen LogP contribution in [0.4, 0.5) is 4.39 Å². The molecule has 0 aliphatic heterocycles. The monoisotopic (exact) mass is 370 g/mol. The normalized spacial score (nSPS) is 12.2. The Morgan fingerprint density at radius 3 is 2.48 bits per heavy atom. The standard InChI is InChI=1S/C17H17BrClFO/c1-21-17-7-4-15(18)10-14(17)9-13(11-19)8-12-2-5-16(20)6-3-12/h2-7,10,13H,8-9,11H2,1H3. The quantitative estimate of drug-likeness (QED) is 0.631. The second-order valence-corrected chi connectivity index (χ2v) is 6.24. The summed E-state index contributed by atoms with van der Waals surface area (Å²) in [6.07, 6.45) is 1.64. The summed E-state index contributed by atoms with van der Waals surface area (Å²) in [4.78, 5) is 0. The van der Waals surface area contributed by atoms with Crippen LogP contribution in [0, 0.1) is 11.7 Å². The molecule has 0 spiro atoms. The third-order valence-corrected chi connectivity index (χ3v) is 4.34. The summed E-state index contributed by atoms with van der Waals surface area (Å²) in [6, 6.07) is 12.6. The van der Waals surface area contributed by atoms with Gasteiger partial charge in [-0.2, -0.15) is 0 Å². The zero-order chi connectivity index (χ0) is 15.2. The molecule has 0 N–H and O–H groups in total. The van der Waals surface area contributed by atoms with E-state index in [2.05, 4.69) is 22.0 Å². The number of hydrogen-bond donors (Lipinski definition) is 0. The highest BCUT2D eigenvalue weighted by Gasteiger charge is 2.13. The Bertz CT molecular complexity index is 586. The first kappa shape index (κ1) is 16.3. The number of methoxy groups -OCH3 is 1. The van der Waals surface area contributed by atoms with Crippen molar-refractivity contribution in [3.05, 3.63) is 63.9 Å². The molecule has 2 aromatic carbocycles. The first-order chi connectivity index (χ1) is 10.1. The van der Waals surface area contributed by atoms with Crippen LogP contribution in [-0.2, 0) is 12.8 Å². The van der Waals surface area contributed by atoms with Crippen LogP contribution in [0.1, 0.15) is 11.1 Å². The number of alkyl halides is 1. The van der Waals surface area contributed by atoms with Crippen LogP contribution in [0.2, 0.25) is 0 Å². The highest BCUT2D eigenvalue weighted by atomic mass is 79.9. The van der Waals surface area contributed by atoms with Crippen molar-refractivity contribution in [2.24, 2.45) is 5.92 Å². The molecule has 1 nitrogen and oxygen atoms in total. The maximum absolute atomic E-state index is 12.9. The lowest BCUT2D eigenvalue weighted by Gasteiger charge is -2.16. The summed E-state index contributed by atoms with van der Waals surface area (Å²) in [5, 5.41) is 0. The maximum Gasteiger partial charge on any atom is 0.123 e. The topological polar surface area (TPSA) is 9.23 Å². The van der Waals surface area contributed by atoms with Gasteiger partial charge in [0, 0.05) is 10.4 Å². The molecule has 0 saturated heterocycles. The van der Waals surface area contributed by atoms with Crippen LogP contribution in [0.25, 0.3) is 0 Å². The highest BCUT2D eigenvalue weighted by Crippen LogP contribution is 2.27. The number of halogens is 3. The van der Waals surface area contributed by atoms with E-state index in [9.17, 15) is 4.39 Å². The molecule has 0 fully saturated rings. The van der Waals surface area contributed by atoms with Gasteiger partial charge in [0.25, 0.3) is 0 Å². The largest absolute Gasteiger partial charge is 0.496 e. The summed E-state index contributed by atoms with van der Waals surface area (Å²) in [7, 11) is 1.67. The van der Waals surface area contributed by atoms with Gasteiger partial charge >= 0.3 is 0 Å². The second kappa shape index (κ2) is 7.81. The lowest BCUT2D eigenvalue weighted by Crippen LogP contribution is -2.11. The van der Waals surface area contributed by atoms with Crippen LogP contribution in [-0.4, -0.2) is 13.0 Å². The minimum Gasteiger partial charge on any atom is -0.496 e. The smallest absolute Gasteiger partial charge is 0.123 e. The van der Waals surface area contributed by atoms with E-state index in [1.165, 1.54) is 12.1 Å². The average molecular weight is 372 g/mol. The van der Waals surface area contributed by atoms with Crippen LogP contribution in [0.3, 0.4) is 0 Å². The summed E-state index contributed by atoms with van der Waals surface area (Å²) in [5.74, 6) is 1.48. The highest BCUT2D eigenvalue weighted by molar-refractivity contribution is 9.10. The molecule has 2 rings (SSSR count). The van der Waals surface area contributed by atoms with Gasteiger partial charge in [0.05, 0.1) is 7.11 Å². The molecule has 1 atom stereocenters. The molecular weight excluding hydrogens is 355 g/mol. The van der Waals surface area contributed by atoms with Crippen molar-refractivity contribution < 1.29 is 9.13 Å². The predicted octanol–water partition coefficient (Wildman–Crippen LogP) is 5.24. The fraction of sp³-hybridized carbons (Fsp3) is 0.294. The van der Waals surface area contributed by atoms with Crippen LogP contribution in [0.15, 0.2) is 46.9 Å². The molecule has 0 saturated carbocycles.